The Morgan fingerprint density at radius 3 is 2.40 bits per heavy atom. The third-order valence-corrected chi connectivity index (χ3v) is 4.74. The van der Waals surface area contributed by atoms with E-state index in [1.165, 1.54) is 19.2 Å². The van der Waals surface area contributed by atoms with Crippen molar-refractivity contribution in [1.82, 2.24) is 5.32 Å². The number of phenolic OH excluding ortho intramolecular Hbond substituents is 1. The van der Waals surface area contributed by atoms with Crippen LogP contribution in [0.1, 0.15) is 28.9 Å². The maximum atomic E-state index is 11.5. The fraction of sp³-hybridized carbons (Fsp3) is 0.350. The standard InChI is InChI=1S/C20H26N2O7S/c1-13(12-29-16-8-9-17(18(23)10-16)20(25)28-2)21-11-19(24)14-4-6-15(7-5-14)22-30(3,26)27/h4-10,13,19,21-24H,11-12H2,1-3H3. The Balaban J connectivity index is 1.82. The second kappa shape index (κ2) is 10.3. The monoisotopic (exact) mass is 438 g/mol. The normalized spacial score (nSPS) is 13.3. The van der Waals surface area contributed by atoms with Gasteiger partial charge in [0.25, 0.3) is 0 Å². The highest BCUT2D eigenvalue weighted by Crippen LogP contribution is 2.24. The number of esters is 1. The highest BCUT2D eigenvalue weighted by Gasteiger charge is 2.14. The SMILES string of the molecule is COC(=O)c1ccc(OCC(C)NCC(O)c2ccc(NS(C)(=O)=O)cc2)cc1O. The first-order chi connectivity index (χ1) is 14.1. The van der Waals surface area contributed by atoms with E-state index in [0.29, 0.717) is 17.0 Å². The number of hydrogen-bond acceptors (Lipinski definition) is 8. The first-order valence-corrected chi connectivity index (χ1v) is 11.0. The number of nitrogens with one attached hydrogen (secondary N) is 2. The summed E-state index contributed by atoms with van der Waals surface area (Å²) in [6.45, 7) is 2.39. The number of ether oxygens (including phenoxy) is 2. The molecule has 9 nitrogen and oxygen atoms in total. The van der Waals surface area contributed by atoms with Gasteiger partial charge in [-0.25, -0.2) is 13.2 Å². The third-order valence-electron chi connectivity index (χ3n) is 4.13. The number of aliphatic hydroxyl groups excluding tert-OH is 1. The number of anilines is 1. The fourth-order valence-electron chi connectivity index (χ4n) is 2.58. The molecule has 0 bridgehead atoms. The van der Waals surface area contributed by atoms with Crippen molar-refractivity contribution in [2.24, 2.45) is 0 Å². The second-order valence-electron chi connectivity index (χ2n) is 6.80. The number of aliphatic hydroxyl groups is 1. The number of carbonyl (C=O) groups excluding carboxylic acids is 1. The fourth-order valence-corrected chi connectivity index (χ4v) is 3.15. The average molecular weight is 439 g/mol. The van der Waals surface area contributed by atoms with Crippen molar-refractivity contribution < 1.29 is 32.9 Å². The lowest BCUT2D eigenvalue weighted by atomic mass is 10.1. The Morgan fingerprint density at radius 1 is 1.17 bits per heavy atom. The number of methoxy groups -OCH3 is 1. The van der Waals surface area contributed by atoms with Gasteiger partial charge in [0, 0.05) is 24.3 Å². The van der Waals surface area contributed by atoms with E-state index in [9.17, 15) is 23.4 Å². The molecule has 0 aromatic heterocycles. The van der Waals surface area contributed by atoms with Gasteiger partial charge < -0.3 is 25.0 Å². The summed E-state index contributed by atoms with van der Waals surface area (Å²) in [6.07, 6.45) is 0.279. The van der Waals surface area contributed by atoms with Gasteiger partial charge in [-0.15, -0.1) is 0 Å². The minimum Gasteiger partial charge on any atom is -0.507 e. The molecule has 0 fully saturated rings. The molecular formula is C20H26N2O7S. The second-order valence-corrected chi connectivity index (χ2v) is 8.55. The molecule has 0 spiro atoms. The van der Waals surface area contributed by atoms with Crippen LogP contribution < -0.4 is 14.8 Å². The molecule has 0 saturated carbocycles. The van der Waals surface area contributed by atoms with Crippen molar-refractivity contribution in [3.05, 3.63) is 53.6 Å². The van der Waals surface area contributed by atoms with Crippen LogP contribution in [0.5, 0.6) is 11.5 Å². The lowest BCUT2D eigenvalue weighted by Gasteiger charge is -2.18. The summed E-state index contributed by atoms with van der Waals surface area (Å²) >= 11 is 0. The van der Waals surface area contributed by atoms with Gasteiger partial charge >= 0.3 is 5.97 Å². The van der Waals surface area contributed by atoms with E-state index in [1.807, 2.05) is 6.92 Å². The topological polar surface area (TPSA) is 134 Å². The molecule has 0 heterocycles. The van der Waals surface area contributed by atoms with Gasteiger partial charge in [0.1, 0.15) is 23.7 Å². The van der Waals surface area contributed by atoms with Gasteiger partial charge in [-0.1, -0.05) is 12.1 Å². The van der Waals surface area contributed by atoms with Crippen LogP contribution in [0, 0.1) is 0 Å². The molecular weight excluding hydrogens is 412 g/mol. The van der Waals surface area contributed by atoms with Crippen LogP contribution in [0.3, 0.4) is 0 Å². The minimum atomic E-state index is -3.35. The highest BCUT2D eigenvalue weighted by molar-refractivity contribution is 7.92. The van der Waals surface area contributed by atoms with E-state index >= 15 is 0 Å². The quantitative estimate of drug-likeness (QED) is 0.411. The molecule has 0 aliphatic heterocycles. The van der Waals surface area contributed by atoms with Crippen molar-refractivity contribution in [3.8, 4) is 11.5 Å². The Hall–Kier alpha value is -2.82. The number of hydrogen-bond donors (Lipinski definition) is 4. The Labute approximate surface area is 175 Å². The number of carbonyl (C=O) groups is 1. The van der Waals surface area contributed by atoms with Crippen molar-refractivity contribution >= 4 is 21.7 Å². The summed E-state index contributed by atoms with van der Waals surface area (Å²) in [5.74, 6) is -0.476. The summed E-state index contributed by atoms with van der Waals surface area (Å²) in [7, 11) is -2.12. The van der Waals surface area contributed by atoms with Crippen molar-refractivity contribution in [1.29, 1.82) is 0 Å². The van der Waals surface area contributed by atoms with Crippen LogP contribution in [0.2, 0.25) is 0 Å². The molecule has 30 heavy (non-hydrogen) atoms. The lowest BCUT2D eigenvalue weighted by Crippen LogP contribution is -2.34. The van der Waals surface area contributed by atoms with Gasteiger partial charge in [0.15, 0.2) is 0 Å². The smallest absolute Gasteiger partial charge is 0.341 e. The highest BCUT2D eigenvalue weighted by atomic mass is 32.2. The molecule has 4 N–H and O–H groups in total. The van der Waals surface area contributed by atoms with Gasteiger partial charge in [0.05, 0.1) is 19.5 Å². The minimum absolute atomic E-state index is 0.0527. The van der Waals surface area contributed by atoms with E-state index in [1.54, 1.807) is 30.3 Å². The van der Waals surface area contributed by atoms with E-state index in [4.69, 9.17) is 4.74 Å². The van der Waals surface area contributed by atoms with Crippen molar-refractivity contribution in [2.45, 2.75) is 19.1 Å². The molecule has 0 saturated heterocycles. The number of sulfonamides is 1. The van der Waals surface area contributed by atoms with Gasteiger partial charge in [-0.05, 0) is 36.8 Å². The first kappa shape index (κ1) is 23.5. The molecule has 164 valence electrons. The van der Waals surface area contributed by atoms with E-state index in [2.05, 4.69) is 14.8 Å². The summed E-state index contributed by atoms with van der Waals surface area (Å²) in [5.41, 5.74) is 1.11. The molecule has 0 aliphatic carbocycles. The molecule has 0 amide bonds. The van der Waals surface area contributed by atoms with Crippen LogP contribution in [0.15, 0.2) is 42.5 Å². The maximum Gasteiger partial charge on any atom is 0.341 e. The molecule has 2 rings (SSSR count). The number of phenols is 1. The van der Waals surface area contributed by atoms with Crippen LogP contribution in [-0.2, 0) is 14.8 Å². The average Bonchev–Trinajstić information content (AvgIpc) is 2.69. The predicted octanol–water partition coefficient (Wildman–Crippen LogP) is 1.64. The molecule has 10 heteroatoms. The maximum absolute atomic E-state index is 11.5. The zero-order valence-electron chi connectivity index (χ0n) is 17.0. The van der Waals surface area contributed by atoms with E-state index in [0.717, 1.165) is 6.26 Å². The number of aromatic hydroxyl groups is 1. The summed E-state index contributed by atoms with van der Waals surface area (Å²) in [4.78, 5) is 11.5. The summed E-state index contributed by atoms with van der Waals surface area (Å²) in [5, 5.41) is 23.3. The van der Waals surface area contributed by atoms with Gasteiger partial charge in [-0.2, -0.15) is 0 Å². The van der Waals surface area contributed by atoms with Gasteiger partial charge in [-0.3, -0.25) is 4.72 Å². The molecule has 0 aliphatic rings. The predicted molar refractivity (Wildman–Crippen MR) is 112 cm³/mol. The molecule has 2 unspecified atom stereocenters. The molecule has 0 radical (unpaired) electrons. The largest absolute Gasteiger partial charge is 0.507 e. The summed E-state index contributed by atoms with van der Waals surface area (Å²) in [6, 6.07) is 10.6. The van der Waals surface area contributed by atoms with Crippen LogP contribution in [-0.4, -0.2) is 57.2 Å². The van der Waals surface area contributed by atoms with Crippen LogP contribution in [0.4, 0.5) is 5.69 Å². The van der Waals surface area contributed by atoms with Crippen molar-refractivity contribution in [2.75, 3.05) is 31.2 Å². The Morgan fingerprint density at radius 2 is 1.83 bits per heavy atom. The first-order valence-electron chi connectivity index (χ1n) is 9.12. The van der Waals surface area contributed by atoms with Crippen molar-refractivity contribution in [3.63, 3.8) is 0 Å². The Kier molecular flexibility index (Phi) is 8.04. The third kappa shape index (κ3) is 7.21. The molecule has 2 aromatic carbocycles. The van der Waals surface area contributed by atoms with Gasteiger partial charge in [0.2, 0.25) is 10.0 Å². The zero-order valence-corrected chi connectivity index (χ0v) is 17.8. The van der Waals surface area contributed by atoms with Crippen LogP contribution in [0.25, 0.3) is 0 Å². The lowest BCUT2D eigenvalue weighted by molar-refractivity contribution is 0.0597. The Bertz CT molecular complexity index is 962. The summed E-state index contributed by atoms with van der Waals surface area (Å²) < 4.78 is 35.0. The molecule has 2 atom stereocenters. The number of benzene rings is 2. The van der Waals surface area contributed by atoms with E-state index < -0.39 is 22.1 Å². The van der Waals surface area contributed by atoms with Crippen LogP contribution >= 0.6 is 0 Å². The number of rotatable bonds is 10. The molecule has 2 aromatic rings. The zero-order chi connectivity index (χ0) is 22.3. The van der Waals surface area contributed by atoms with E-state index in [-0.39, 0.29) is 30.5 Å².